The fourth-order valence-corrected chi connectivity index (χ4v) is 2.79. The smallest absolute Gasteiger partial charge is 0.140 e. The van der Waals surface area contributed by atoms with Gasteiger partial charge in [0.05, 0.1) is 11.1 Å². The van der Waals surface area contributed by atoms with Gasteiger partial charge in [0, 0.05) is 13.0 Å². The van der Waals surface area contributed by atoms with Crippen molar-refractivity contribution in [2.75, 3.05) is 19.7 Å². The summed E-state index contributed by atoms with van der Waals surface area (Å²) in [6, 6.07) is 0. The molecule has 1 rings (SSSR count). The zero-order valence-electron chi connectivity index (χ0n) is 11.1. The number of nitrogens with zero attached hydrogens (tertiary/aromatic N) is 1. The SMILES string of the molecule is CCN(CC)C1(C=O)CCOC(C)(CC)C1. The molecule has 0 aromatic rings. The third-order valence-electron chi connectivity index (χ3n) is 4.03. The lowest BCUT2D eigenvalue weighted by Gasteiger charge is -2.48. The van der Waals surface area contributed by atoms with Crippen LogP contribution in [0.5, 0.6) is 0 Å². The summed E-state index contributed by atoms with van der Waals surface area (Å²) in [6.07, 6.45) is 3.76. The molecule has 0 N–H and O–H groups in total. The quantitative estimate of drug-likeness (QED) is 0.675. The first-order chi connectivity index (χ1) is 7.55. The topological polar surface area (TPSA) is 29.5 Å². The molecule has 1 heterocycles. The maximum atomic E-state index is 11.5. The van der Waals surface area contributed by atoms with E-state index >= 15 is 0 Å². The Morgan fingerprint density at radius 2 is 1.94 bits per heavy atom. The van der Waals surface area contributed by atoms with Crippen molar-refractivity contribution in [2.45, 2.75) is 58.1 Å². The van der Waals surface area contributed by atoms with E-state index in [1.165, 1.54) is 0 Å². The second-order valence-electron chi connectivity index (χ2n) is 4.97. The molecule has 0 bridgehead atoms. The van der Waals surface area contributed by atoms with Crippen molar-refractivity contribution in [3.8, 4) is 0 Å². The van der Waals surface area contributed by atoms with Crippen molar-refractivity contribution in [3.05, 3.63) is 0 Å². The first kappa shape index (κ1) is 13.7. The lowest BCUT2D eigenvalue weighted by molar-refractivity contribution is -0.147. The van der Waals surface area contributed by atoms with Crippen LogP contribution in [-0.2, 0) is 9.53 Å². The van der Waals surface area contributed by atoms with Crippen LogP contribution in [0, 0.1) is 0 Å². The molecule has 94 valence electrons. The average molecular weight is 227 g/mol. The highest BCUT2D eigenvalue weighted by atomic mass is 16.5. The van der Waals surface area contributed by atoms with Gasteiger partial charge in [0.2, 0.25) is 0 Å². The zero-order valence-corrected chi connectivity index (χ0v) is 11.1. The minimum atomic E-state index is -0.299. The molecule has 0 amide bonds. The molecular formula is C13H25NO2. The Balaban J connectivity index is 2.90. The van der Waals surface area contributed by atoms with Crippen LogP contribution in [0.15, 0.2) is 0 Å². The van der Waals surface area contributed by atoms with Gasteiger partial charge in [0.1, 0.15) is 6.29 Å². The molecule has 1 fully saturated rings. The van der Waals surface area contributed by atoms with E-state index in [0.717, 1.165) is 38.6 Å². The number of carbonyl (C=O) groups excluding carboxylic acids is 1. The minimum Gasteiger partial charge on any atom is -0.375 e. The highest BCUT2D eigenvalue weighted by Crippen LogP contribution is 2.37. The van der Waals surface area contributed by atoms with Crippen molar-refractivity contribution >= 4 is 6.29 Å². The first-order valence-electron chi connectivity index (χ1n) is 6.41. The molecule has 3 heteroatoms. The van der Waals surface area contributed by atoms with Gasteiger partial charge in [-0.15, -0.1) is 0 Å². The van der Waals surface area contributed by atoms with E-state index in [0.29, 0.717) is 6.61 Å². The van der Waals surface area contributed by atoms with E-state index in [1.54, 1.807) is 0 Å². The van der Waals surface area contributed by atoms with Gasteiger partial charge in [-0.25, -0.2) is 0 Å². The van der Waals surface area contributed by atoms with Gasteiger partial charge in [0.25, 0.3) is 0 Å². The Labute approximate surface area is 99.1 Å². The van der Waals surface area contributed by atoms with Crippen LogP contribution >= 0.6 is 0 Å². The van der Waals surface area contributed by atoms with E-state index in [4.69, 9.17) is 4.74 Å². The predicted octanol–water partition coefficient (Wildman–Crippen LogP) is 2.25. The van der Waals surface area contributed by atoms with Crippen LogP contribution in [0.3, 0.4) is 0 Å². The number of likely N-dealkylation sites (N-methyl/N-ethyl adjacent to an activating group) is 1. The Bertz CT molecular complexity index is 240. The number of ether oxygens (including phenoxy) is 1. The molecule has 2 unspecified atom stereocenters. The molecule has 0 radical (unpaired) electrons. The average Bonchev–Trinajstić information content (AvgIpc) is 2.31. The second kappa shape index (κ2) is 5.28. The molecular weight excluding hydrogens is 202 g/mol. The lowest BCUT2D eigenvalue weighted by atomic mass is 9.79. The summed E-state index contributed by atoms with van der Waals surface area (Å²) >= 11 is 0. The molecule has 3 nitrogen and oxygen atoms in total. The lowest BCUT2D eigenvalue weighted by Crippen LogP contribution is -2.58. The van der Waals surface area contributed by atoms with Crippen LogP contribution in [0.2, 0.25) is 0 Å². The highest BCUT2D eigenvalue weighted by Gasteiger charge is 2.45. The Hall–Kier alpha value is -0.410. The molecule has 1 aliphatic heterocycles. The predicted molar refractivity (Wildman–Crippen MR) is 65.6 cm³/mol. The summed E-state index contributed by atoms with van der Waals surface area (Å²) in [4.78, 5) is 13.8. The number of hydrogen-bond donors (Lipinski definition) is 0. The van der Waals surface area contributed by atoms with Gasteiger partial charge in [-0.3, -0.25) is 4.90 Å². The fourth-order valence-electron chi connectivity index (χ4n) is 2.79. The Kier molecular flexibility index (Phi) is 4.51. The molecule has 16 heavy (non-hydrogen) atoms. The van der Waals surface area contributed by atoms with Crippen LogP contribution in [0.1, 0.15) is 47.0 Å². The standard InChI is InChI=1S/C13H25NO2/c1-5-12(4)10-13(11-15,8-9-16-12)14(6-2)7-3/h11H,5-10H2,1-4H3. The van der Waals surface area contributed by atoms with Gasteiger partial charge in [0.15, 0.2) is 0 Å². The van der Waals surface area contributed by atoms with Gasteiger partial charge in [-0.05, 0) is 32.9 Å². The number of aldehydes is 1. The van der Waals surface area contributed by atoms with E-state index in [1.807, 2.05) is 0 Å². The highest BCUT2D eigenvalue weighted by molar-refractivity contribution is 5.65. The summed E-state index contributed by atoms with van der Waals surface area (Å²) in [5.74, 6) is 0. The van der Waals surface area contributed by atoms with Crippen LogP contribution < -0.4 is 0 Å². The first-order valence-corrected chi connectivity index (χ1v) is 6.41. The minimum absolute atomic E-state index is 0.137. The van der Waals surface area contributed by atoms with Crippen LogP contribution in [-0.4, -0.2) is 42.0 Å². The zero-order chi connectivity index (χ0) is 12.2. The fraction of sp³-hybridized carbons (Fsp3) is 0.923. The van der Waals surface area contributed by atoms with Crippen molar-refractivity contribution in [1.82, 2.24) is 4.90 Å². The summed E-state index contributed by atoms with van der Waals surface area (Å²) in [7, 11) is 0. The molecule has 0 aliphatic carbocycles. The normalized spacial score (nSPS) is 35.3. The molecule has 0 aromatic heterocycles. The summed E-state index contributed by atoms with van der Waals surface area (Å²) in [5, 5.41) is 0. The van der Waals surface area contributed by atoms with Crippen LogP contribution in [0.25, 0.3) is 0 Å². The Morgan fingerprint density at radius 1 is 1.31 bits per heavy atom. The van der Waals surface area contributed by atoms with Gasteiger partial charge < -0.3 is 9.53 Å². The van der Waals surface area contributed by atoms with Gasteiger partial charge in [-0.2, -0.15) is 0 Å². The molecule has 2 atom stereocenters. The molecule has 1 aliphatic rings. The van der Waals surface area contributed by atoms with E-state index in [-0.39, 0.29) is 11.1 Å². The van der Waals surface area contributed by atoms with E-state index in [9.17, 15) is 4.79 Å². The van der Waals surface area contributed by atoms with Crippen LogP contribution in [0.4, 0.5) is 0 Å². The number of carbonyl (C=O) groups is 1. The third-order valence-corrected chi connectivity index (χ3v) is 4.03. The van der Waals surface area contributed by atoms with Crippen molar-refractivity contribution in [2.24, 2.45) is 0 Å². The maximum Gasteiger partial charge on any atom is 0.140 e. The second-order valence-corrected chi connectivity index (χ2v) is 4.97. The summed E-state index contributed by atoms with van der Waals surface area (Å²) in [5.41, 5.74) is -0.436. The van der Waals surface area contributed by atoms with E-state index < -0.39 is 0 Å². The summed E-state index contributed by atoms with van der Waals surface area (Å²) < 4.78 is 5.83. The van der Waals surface area contributed by atoms with Crippen molar-refractivity contribution in [3.63, 3.8) is 0 Å². The molecule has 0 spiro atoms. The third kappa shape index (κ3) is 2.46. The maximum absolute atomic E-state index is 11.5. The van der Waals surface area contributed by atoms with E-state index in [2.05, 4.69) is 32.6 Å². The molecule has 0 aromatic carbocycles. The number of hydrogen-bond acceptors (Lipinski definition) is 3. The molecule has 1 saturated heterocycles. The Morgan fingerprint density at radius 3 is 2.38 bits per heavy atom. The molecule has 0 saturated carbocycles. The number of rotatable bonds is 5. The van der Waals surface area contributed by atoms with Crippen molar-refractivity contribution in [1.29, 1.82) is 0 Å². The van der Waals surface area contributed by atoms with Gasteiger partial charge >= 0.3 is 0 Å². The van der Waals surface area contributed by atoms with Gasteiger partial charge in [-0.1, -0.05) is 20.8 Å². The van der Waals surface area contributed by atoms with Crippen molar-refractivity contribution < 1.29 is 9.53 Å². The largest absolute Gasteiger partial charge is 0.375 e. The monoisotopic (exact) mass is 227 g/mol. The summed E-state index contributed by atoms with van der Waals surface area (Å²) in [6.45, 7) is 11.0.